The Labute approximate surface area is 703 Å². The number of nitrogens with zero attached hydrogens (tertiary/aromatic N) is 16. The average Bonchev–Trinajstić information content (AvgIpc) is 0.881. The van der Waals surface area contributed by atoms with Gasteiger partial charge in [0.05, 0.1) is 73.6 Å². The number of halogens is 6. The lowest BCUT2D eigenvalue weighted by atomic mass is 9.90. The third-order valence-electron chi connectivity index (χ3n) is 16.4. The third kappa shape index (κ3) is 28.5. The van der Waals surface area contributed by atoms with Gasteiger partial charge in [-0.3, -0.25) is 0 Å². The fourth-order valence-corrected chi connectivity index (χ4v) is 14.7. The fraction of sp³-hybridized carbons (Fsp3) is 0.411. The van der Waals surface area contributed by atoms with Crippen LogP contribution < -0.4 is 47.9 Å². The van der Waals surface area contributed by atoms with Crippen LogP contribution in [0.25, 0.3) is 11.4 Å². The number of aromatic amines is 1. The van der Waals surface area contributed by atoms with Crippen LogP contribution in [0.2, 0.25) is 20.1 Å². The van der Waals surface area contributed by atoms with Gasteiger partial charge in [0.25, 0.3) is 9.05 Å². The van der Waals surface area contributed by atoms with Crippen molar-refractivity contribution in [3.63, 3.8) is 0 Å². The second-order valence-corrected chi connectivity index (χ2v) is 37.2. The van der Waals surface area contributed by atoms with E-state index in [4.69, 9.17) is 110 Å². The molecule has 602 valence electrons. The van der Waals surface area contributed by atoms with Gasteiger partial charge in [-0.15, -0.1) is 22.8 Å². The summed E-state index contributed by atoms with van der Waals surface area (Å²) in [4.78, 5) is 74.5. The largest absolute Gasteiger partial charge is 0.444 e. The van der Waals surface area contributed by atoms with Crippen molar-refractivity contribution in [3.8, 4) is 29.6 Å². The van der Waals surface area contributed by atoms with E-state index in [9.17, 15) is 22.8 Å². The molecule has 10 N–H and O–H groups in total. The summed E-state index contributed by atoms with van der Waals surface area (Å²) in [6, 6.07) is 25.2. The van der Waals surface area contributed by atoms with Gasteiger partial charge < -0.3 is 57.2 Å². The lowest BCUT2D eigenvalue weighted by molar-refractivity contribution is 0.0419. The predicted octanol–water partition coefficient (Wildman–Crippen LogP) is 15.9. The van der Waals surface area contributed by atoms with Crippen LogP contribution in [0.4, 0.5) is 49.3 Å². The minimum Gasteiger partial charge on any atom is -0.444 e. The average molecular weight is 1790 g/mol. The van der Waals surface area contributed by atoms with E-state index in [0.717, 1.165) is 83.8 Å². The van der Waals surface area contributed by atoms with Crippen molar-refractivity contribution >= 4 is 171 Å². The quantitative estimate of drug-likeness (QED) is 0.0359. The minimum atomic E-state index is -3.83. The van der Waals surface area contributed by atoms with Gasteiger partial charge in [-0.2, -0.15) is 25.9 Å². The number of hydrogen-bond donors (Lipinski definition) is 7. The molecule has 0 saturated carbocycles. The third-order valence-corrected chi connectivity index (χ3v) is 22.6. The molecule has 11 rings (SSSR count). The number of ether oxygens (including phenoxy) is 3. The summed E-state index contributed by atoms with van der Waals surface area (Å²) in [7, 11) is 1.24. The van der Waals surface area contributed by atoms with E-state index < -0.39 is 49.7 Å². The van der Waals surface area contributed by atoms with Gasteiger partial charge in [0.2, 0.25) is 5.82 Å². The number of thiol groups is 1. The molecule has 0 aliphatic carbocycles. The number of alkyl carbamates (subject to hydrolysis) is 1. The van der Waals surface area contributed by atoms with Crippen LogP contribution in [0, 0.1) is 34.0 Å². The first-order valence-electron chi connectivity index (χ1n) is 34.6. The van der Waals surface area contributed by atoms with Crippen LogP contribution in [0.15, 0.2) is 126 Å². The van der Waals surface area contributed by atoms with Crippen molar-refractivity contribution in [2.45, 2.75) is 185 Å². The Morgan fingerprint density at radius 2 is 1.01 bits per heavy atom. The molecule has 0 spiro atoms. The number of hydrogen-bond acceptors (Lipinski definition) is 30. The molecule has 4 aromatic carbocycles. The molecule has 3 amide bonds. The Bertz CT molecular complexity index is 4930. The summed E-state index contributed by atoms with van der Waals surface area (Å²) in [6.45, 7) is 26.3. The highest BCUT2D eigenvalue weighted by molar-refractivity contribution is 9.10. The smallest absolute Gasteiger partial charge is 0.425 e. The SMILES string of the molecule is CC1(N)CCN(c2cnc(Sc3ccc(-c4nn[nH]n4)cc3Cl)c(N)n2)CC1.CC1(N)CCN(c2cnc(Sc3ccc(C#N)cc3Cl)c(N)n2)CC1.CC1(NC(=O)OC(C)(C)C)CCN(c2cnc(Br)c(N(C(=O)OC(C)(C)C)C(=O)OC(C)(C)C)n2)CC1.N#Cc1ccc(S(=O)(=O)Cl)c(Cl)c1.N#Cc1ccc(S)c(Cl)c1. The van der Waals surface area contributed by atoms with Crippen molar-refractivity contribution in [1.29, 1.82) is 15.8 Å². The van der Waals surface area contributed by atoms with Gasteiger partial charge in [-0.1, -0.05) is 69.9 Å². The number of nitrogens with one attached hydrogen (secondary N) is 2. The van der Waals surface area contributed by atoms with Crippen molar-refractivity contribution in [3.05, 3.63) is 133 Å². The van der Waals surface area contributed by atoms with Crippen LogP contribution in [0.1, 0.15) is 138 Å². The number of nitrogen functional groups attached to an aromatic ring is 2. The standard InChI is InChI=1S/C25H40BrN5O6.C17H20ClN9S.C17H19ClN6S.C7H3Cl2NO2S.C7H4ClNS/c1-22(2,3)35-19(32)29-25(10)11-13-30(14-12-25)16-15-27-17(26)18(28-16)31(20(33)36-23(4,5)6)21(34)37-24(7,8)9;1-17(20)4-6-27(7-5-17)13-9-21-16(14(19)22-13)28-12-3-2-10(8-11(12)18)15-23-25-26-24-15;1-17(21)4-6-24(7-5-17)14-10-22-16(15(20)23-14)25-13-3-2-11(9-19)8-12(13)18;8-6-3-5(4-10)1-2-7(6)13(9,11)12;8-6-3-5(4-9)1-2-7(6)10/h15H,11-14H2,1-10H3,(H,29,32);2-3,8-9H,4-7,20H2,1H3,(H2,19,22)(H,23,24,25,26);2-3,8,10H,4-7,21H2,1H3,(H2,20,23);1-3H;1-3,10H. The second-order valence-electron chi connectivity index (χ2n) is 29.7. The summed E-state index contributed by atoms with van der Waals surface area (Å²) < 4.78 is 38.2. The number of H-pyrrole nitrogens is 1. The molecule has 0 radical (unpaired) electrons. The van der Waals surface area contributed by atoms with Gasteiger partial charge in [0.15, 0.2) is 17.5 Å². The Hall–Kier alpha value is -8.48. The zero-order valence-electron chi connectivity index (χ0n) is 63.8. The first-order chi connectivity index (χ1) is 52.7. The molecular formula is C73H86BrCl5N22O8S4. The van der Waals surface area contributed by atoms with E-state index in [1.807, 2.05) is 56.9 Å². The monoisotopic (exact) mass is 1780 g/mol. The Balaban J connectivity index is 0.000000208. The van der Waals surface area contributed by atoms with E-state index in [0.29, 0.717) is 90.4 Å². The summed E-state index contributed by atoms with van der Waals surface area (Å²) >= 11 is 33.9. The van der Waals surface area contributed by atoms with Crippen LogP contribution in [0.5, 0.6) is 0 Å². The van der Waals surface area contributed by atoms with E-state index >= 15 is 0 Å². The number of aromatic nitrogens is 10. The molecule has 113 heavy (non-hydrogen) atoms. The molecule has 40 heteroatoms. The van der Waals surface area contributed by atoms with Crippen molar-refractivity contribution in [2.75, 3.05) is 70.3 Å². The lowest BCUT2D eigenvalue weighted by Crippen LogP contribution is -2.54. The number of tetrazole rings is 1. The van der Waals surface area contributed by atoms with Gasteiger partial charge in [0, 0.05) is 86.8 Å². The molecule has 4 aromatic heterocycles. The number of nitriles is 3. The van der Waals surface area contributed by atoms with Crippen LogP contribution >= 0.6 is 109 Å². The summed E-state index contributed by atoms with van der Waals surface area (Å²) in [5.74, 6) is 3.19. The number of piperidine rings is 3. The van der Waals surface area contributed by atoms with Crippen LogP contribution in [0.3, 0.4) is 0 Å². The molecule has 8 aromatic rings. The number of amides is 3. The Morgan fingerprint density at radius 1 is 0.602 bits per heavy atom. The molecule has 3 aliphatic heterocycles. The Kier molecular flexibility index (Phi) is 31.8. The highest BCUT2D eigenvalue weighted by Crippen LogP contribution is 2.40. The Morgan fingerprint density at radius 3 is 1.41 bits per heavy atom. The van der Waals surface area contributed by atoms with Crippen LogP contribution in [-0.2, 0) is 23.3 Å². The number of benzene rings is 4. The number of rotatable bonds is 11. The van der Waals surface area contributed by atoms with Crippen molar-refractivity contribution in [2.24, 2.45) is 11.5 Å². The van der Waals surface area contributed by atoms with Gasteiger partial charge in [-0.05, 0) is 216 Å². The summed E-state index contributed by atoms with van der Waals surface area (Å²) in [5, 5.41) is 45.4. The number of carbonyl (C=O) groups is 3. The van der Waals surface area contributed by atoms with E-state index in [2.05, 4.69) is 114 Å². The maximum Gasteiger partial charge on any atom is 0.425 e. The fourth-order valence-electron chi connectivity index (χ4n) is 10.4. The molecular weight excluding hydrogens is 1700 g/mol. The molecule has 7 heterocycles. The summed E-state index contributed by atoms with van der Waals surface area (Å²) in [6.07, 6.45) is 7.61. The van der Waals surface area contributed by atoms with Gasteiger partial charge >= 0.3 is 18.3 Å². The van der Waals surface area contributed by atoms with Crippen molar-refractivity contribution < 1.29 is 37.0 Å². The molecule has 3 aliphatic rings. The first kappa shape index (κ1) is 91.7. The lowest BCUT2D eigenvalue weighted by Gasteiger charge is -2.40. The molecule has 0 unspecified atom stereocenters. The molecule has 0 bridgehead atoms. The maximum absolute atomic E-state index is 13.1. The van der Waals surface area contributed by atoms with E-state index in [1.165, 1.54) is 41.7 Å². The number of carbonyl (C=O) groups excluding carboxylic acids is 3. The normalized spacial score (nSPS) is 15.0. The molecule has 0 atom stereocenters. The zero-order chi connectivity index (χ0) is 83.8. The zero-order valence-corrected chi connectivity index (χ0v) is 72.5. The number of nitrogens with two attached hydrogens (primary N) is 4. The molecule has 3 fully saturated rings. The predicted molar refractivity (Wildman–Crippen MR) is 447 cm³/mol. The summed E-state index contributed by atoms with van der Waals surface area (Å²) in [5.41, 5.74) is 23.8. The van der Waals surface area contributed by atoms with Crippen molar-refractivity contribution in [1.82, 2.24) is 55.8 Å². The van der Waals surface area contributed by atoms with Gasteiger partial charge in [-0.25, -0.2) is 52.7 Å². The topological polar surface area (TPSA) is 445 Å². The van der Waals surface area contributed by atoms with Gasteiger partial charge in [0.1, 0.15) is 53.8 Å². The minimum absolute atomic E-state index is 0.0405. The van der Waals surface area contributed by atoms with E-state index in [1.54, 1.807) is 103 Å². The molecule has 30 nitrogen and oxygen atoms in total. The maximum atomic E-state index is 13.1. The highest BCUT2D eigenvalue weighted by atomic mass is 79.9. The number of imide groups is 1. The second kappa shape index (κ2) is 39.2. The highest BCUT2D eigenvalue weighted by Gasteiger charge is 2.38. The van der Waals surface area contributed by atoms with E-state index in [-0.39, 0.29) is 37.0 Å². The van der Waals surface area contributed by atoms with Crippen LogP contribution in [-0.4, -0.2) is 150 Å². The molecule has 3 saturated heterocycles. The first-order valence-corrected chi connectivity index (χ1v) is 41.3. The number of anilines is 6.